The first kappa shape index (κ1) is 19.3. The van der Waals surface area contributed by atoms with Gasteiger partial charge < -0.3 is 0 Å². The van der Waals surface area contributed by atoms with Crippen LogP contribution in [0.25, 0.3) is 0 Å². The van der Waals surface area contributed by atoms with Crippen molar-refractivity contribution in [1.82, 2.24) is 9.62 Å². The van der Waals surface area contributed by atoms with Crippen LogP contribution in [-0.2, 0) is 23.0 Å². The van der Waals surface area contributed by atoms with E-state index in [2.05, 4.69) is 33.2 Å². The molecule has 0 saturated carbocycles. The van der Waals surface area contributed by atoms with E-state index in [0.717, 1.165) is 31.1 Å². The van der Waals surface area contributed by atoms with Gasteiger partial charge in [-0.3, -0.25) is 4.90 Å². The largest absolute Gasteiger partial charge is 0.290 e. The summed E-state index contributed by atoms with van der Waals surface area (Å²) in [7, 11) is -3.78. The van der Waals surface area contributed by atoms with E-state index >= 15 is 0 Å². The lowest BCUT2D eigenvalue weighted by Crippen LogP contribution is -2.40. The normalized spacial score (nSPS) is 15.9. The third kappa shape index (κ3) is 4.17. The lowest BCUT2D eigenvalue weighted by atomic mass is 9.97. The first-order valence-electron chi connectivity index (χ1n) is 9.11. The lowest BCUT2D eigenvalue weighted by molar-refractivity contribution is 0.181. The van der Waals surface area contributed by atoms with Gasteiger partial charge in [-0.1, -0.05) is 30.3 Å². The van der Waals surface area contributed by atoms with Crippen LogP contribution in [0, 0.1) is 5.82 Å². The predicted octanol–water partition coefficient (Wildman–Crippen LogP) is 3.97. The van der Waals surface area contributed by atoms with Crippen molar-refractivity contribution in [3.8, 4) is 0 Å². The summed E-state index contributed by atoms with van der Waals surface area (Å²) in [5.41, 5.74) is 3.72. The highest BCUT2D eigenvalue weighted by Gasteiger charge is 2.27. The van der Waals surface area contributed by atoms with E-state index in [9.17, 15) is 12.8 Å². The monoisotopic (exact) mass is 416 g/mol. The summed E-state index contributed by atoms with van der Waals surface area (Å²) < 4.78 is 41.4. The maximum absolute atomic E-state index is 13.5. The lowest BCUT2D eigenvalue weighted by Gasteiger charge is -2.35. The van der Waals surface area contributed by atoms with Crippen LogP contribution in [0.5, 0.6) is 0 Å². The molecule has 2 heterocycles. The predicted molar refractivity (Wildman–Crippen MR) is 109 cm³/mol. The number of hydrogen-bond acceptors (Lipinski definition) is 4. The molecule has 7 heteroatoms. The Balaban J connectivity index is 1.55. The zero-order valence-electron chi connectivity index (χ0n) is 15.2. The summed E-state index contributed by atoms with van der Waals surface area (Å²) in [6.07, 6.45) is 0.938. The third-order valence-corrected chi connectivity index (χ3v) is 7.22. The summed E-state index contributed by atoms with van der Waals surface area (Å²) in [6, 6.07) is 15.4. The highest BCUT2D eigenvalue weighted by molar-refractivity contribution is 7.89. The van der Waals surface area contributed by atoms with Gasteiger partial charge in [-0.15, -0.1) is 0 Å². The number of rotatable bonds is 6. The van der Waals surface area contributed by atoms with Crippen LogP contribution in [0.1, 0.15) is 22.7 Å². The molecule has 4 rings (SSSR count). The molecule has 146 valence electrons. The van der Waals surface area contributed by atoms with Crippen LogP contribution in [0.2, 0.25) is 0 Å². The van der Waals surface area contributed by atoms with Gasteiger partial charge in [-0.05, 0) is 58.1 Å². The molecule has 0 radical (unpaired) electrons. The van der Waals surface area contributed by atoms with Crippen LogP contribution in [0.15, 0.2) is 70.3 Å². The van der Waals surface area contributed by atoms with Crippen LogP contribution in [0.3, 0.4) is 0 Å². The highest BCUT2D eigenvalue weighted by atomic mass is 32.2. The summed E-state index contributed by atoms with van der Waals surface area (Å²) in [4.78, 5) is 2.25. The first-order valence-corrected chi connectivity index (χ1v) is 11.5. The van der Waals surface area contributed by atoms with Crippen molar-refractivity contribution in [2.24, 2.45) is 0 Å². The van der Waals surface area contributed by atoms with Gasteiger partial charge in [0.25, 0.3) is 0 Å². The fraction of sp³-hybridized carbons (Fsp3) is 0.238. The van der Waals surface area contributed by atoms with Crippen molar-refractivity contribution in [1.29, 1.82) is 0 Å². The Morgan fingerprint density at radius 3 is 2.68 bits per heavy atom. The van der Waals surface area contributed by atoms with Crippen molar-refractivity contribution in [3.63, 3.8) is 0 Å². The molecule has 0 bridgehead atoms. The van der Waals surface area contributed by atoms with Gasteiger partial charge in [-0.2, -0.15) is 11.3 Å². The second kappa shape index (κ2) is 8.13. The second-order valence-corrected chi connectivity index (χ2v) is 9.42. The number of fused-ring (bicyclic) bond motifs is 1. The van der Waals surface area contributed by atoms with Crippen molar-refractivity contribution in [3.05, 3.63) is 87.9 Å². The number of hydrogen-bond donors (Lipinski definition) is 1. The molecule has 0 spiro atoms. The number of sulfonamides is 1. The first-order chi connectivity index (χ1) is 13.5. The van der Waals surface area contributed by atoms with Crippen LogP contribution in [0.4, 0.5) is 4.39 Å². The highest BCUT2D eigenvalue weighted by Crippen LogP contribution is 2.29. The van der Waals surface area contributed by atoms with Gasteiger partial charge in [0.1, 0.15) is 5.82 Å². The molecule has 1 atom stereocenters. The van der Waals surface area contributed by atoms with E-state index < -0.39 is 15.8 Å². The maximum Gasteiger partial charge on any atom is 0.240 e. The van der Waals surface area contributed by atoms with E-state index in [4.69, 9.17) is 0 Å². The Morgan fingerprint density at radius 1 is 1.11 bits per heavy atom. The van der Waals surface area contributed by atoms with Crippen LogP contribution < -0.4 is 4.72 Å². The second-order valence-electron chi connectivity index (χ2n) is 6.87. The Hall–Kier alpha value is -2.06. The molecular weight excluding hydrogens is 395 g/mol. The topological polar surface area (TPSA) is 49.4 Å². The van der Waals surface area contributed by atoms with E-state index in [1.807, 2.05) is 17.5 Å². The minimum Gasteiger partial charge on any atom is -0.290 e. The van der Waals surface area contributed by atoms with Gasteiger partial charge in [0, 0.05) is 25.7 Å². The molecule has 1 aliphatic rings. The van der Waals surface area contributed by atoms with Gasteiger partial charge in [-0.25, -0.2) is 17.5 Å². The van der Waals surface area contributed by atoms with Gasteiger partial charge in [0.05, 0.1) is 4.90 Å². The molecule has 0 unspecified atom stereocenters. The minimum atomic E-state index is -3.78. The quantitative estimate of drug-likeness (QED) is 0.662. The van der Waals surface area contributed by atoms with Gasteiger partial charge >= 0.3 is 0 Å². The SMILES string of the molecule is O=S(=O)(NC[C@H](c1ccsc1)N1CCc2ccccc2C1)c1cccc(F)c1. The standard InChI is InChI=1S/C21H21FN2O2S2/c22-19-6-3-7-20(12-19)28(25,26)23-13-21(18-9-11-27-15-18)24-10-8-16-4-1-2-5-17(16)14-24/h1-7,9,11-12,15,21,23H,8,10,13-14H2/t21-/m1/s1. The molecule has 0 saturated heterocycles. The van der Waals surface area contributed by atoms with Crippen molar-refractivity contribution in [2.75, 3.05) is 13.1 Å². The van der Waals surface area contributed by atoms with Crippen LogP contribution >= 0.6 is 11.3 Å². The Bertz CT molecular complexity index is 1050. The Kier molecular flexibility index (Phi) is 5.59. The van der Waals surface area contributed by atoms with Crippen molar-refractivity contribution in [2.45, 2.75) is 23.9 Å². The average Bonchev–Trinajstić information content (AvgIpc) is 3.22. The number of halogens is 1. The van der Waals surface area contributed by atoms with E-state index in [1.165, 1.54) is 29.3 Å². The summed E-state index contributed by atoms with van der Waals surface area (Å²) >= 11 is 1.60. The molecule has 4 nitrogen and oxygen atoms in total. The Labute approximate surface area is 168 Å². The van der Waals surface area contributed by atoms with E-state index in [1.54, 1.807) is 11.3 Å². The maximum atomic E-state index is 13.5. The molecule has 3 aromatic rings. The summed E-state index contributed by atoms with van der Waals surface area (Å²) in [5, 5.41) is 4.06. The molecular formula is C21H21FN2O2S2. The zero-order chi connectivity index (χ0) is 19.6. The molecule has 2 aromatic carbocycles. The zero-order valence-corrected chi connectivity index (χ0v) is 16.8. The summed E-state index contributed by atoms with van der Waals surface area (Å²) in [6.45, 7) is 1.87. The van der Waals surface area contributed by atoms with Gasteiger partial charge in [0.15, 0.2) is 0 Å². The average molecular weight is 417 g/mol. The molecule has 28 heavy (non-hydrogen) atoms. The van der Waals surface area contributed by atoms with Crippen molar-refractivity contribution < 1.29 is 12.8 Å². The minimum absolute atomic E-state index is 0.0550. The van der Waals surface area contributed by atoms with E-state index in [0.29, 0.717) is 0 Å². The number of nitrogens with zero attached hydrogens (tertiary/aromatic N) is 1. The fourth-order valence-electron chi connectivity index (χ4n) is 3.61. The van der Waals surface area contributed by atoms with Gasteiger partial charge in [0.2, 0.25) is 10.0 Å². The molecule has 0 amide bonds. The molecule has 1 aliphatic heterocycles. The van der Waals surface area contributed by atoms with E-state index in [-0.39, 0.29) is 17.5 Å². The molecule has 1 N–H and O–H groups in total. The molecule has 0 fully saturated rings. The molecule has 1 aromatic heterocycles. The third-order valence-electron chi connectivity index (χ3n) is 5.10. The van der Waals surface area contributed by atoms with Crippen molar-refractivity contribution >= 4 is 21.4 Å². The smallest absolute Gasteiger partial charge is 0.240 e. The fourth-order valence-corrected chi connectivity index (χ4v) is 5.39. The summed E-state index contributed by atoms with van der Waals surface area (Å²) in [5.74, 6) is -0.565. The number of thiophene rings is 1. The number of benzene rings is 2. The Morgan fingerprint density at radius 2 is 1.93 bits per heavy atom. The molecule has 0 aliphatic carbocycles. The number of nitrogens with one attached hydrogen (secondary N) is 1. The van der Waals surface area contributed by atoms with Crippen LogP contribution in [-0.4, -0.2) is 26.4 Å².